The van der Waals surface area contributed by atoms with Crippen molar-refractivity contribution in [2.75, 3.05) is 17.2 Å². The summed E-state index contributed by atoms with van der Waals surface area (Å²) in [5.41, 5.74) is 11.2. The van der Waals surface area contributed by atoms with E-state index < -0.39 is 12.0 Å². The lowest BCUT2D eigenvalue weighted by molar-refractivity contribution is 0.253. The topological polar surface area (TPSA) is 77.1 Å². The van der Waals surface area contributed by atoms with Crippen LogP contribution in [-0.2, 0) is 0 Å². The number of halogens is 3. The maximum Gasteiger partial charge on any atom is 0.213 e. The third-order valence-electron chi connectivity index (χ3n) is 6.54. The fourth-order valence-corrected chi connectivity index (χ4v) is 5.05. The average Bonchev–Trinajstić information content (AvgIpc) is 3.62. The van der Waals surface area contributed by atoms with Crippen LogP contribution in [-0.4, -0.2) is 27.6 Å². The van der Waals surface area contributed by atoms with Crippen molar-refractivity contribution in [3.8, 4) is 12.3 Å². The summed E-state index contributed by atoms with van der Waals surface area (Å²) < 4.78 is 13.9. The molecular formula is C28H30Cl2FN7. The van der Waals surface area contributed by atoms with Gasteiger partial charge in [-0.05, 0) is 43.4 Å². The molecule has 1 aromatic carbocycles. The number of benzene rings is 1. The third kappa shape index (κ3) is 5.32. The summed E-state index contributed by atoms with van der Waals surface area (Å²) >= 11 is 13.6. The first-order valence-corrected chi connectivity index (χ1v) is 13.2. The maximum absolute atomic E-state index is 13.9. The zero-order valence-electron chi connectivity index (χ0n) is 21.7. The molecule has 0 spiro atoms. The molecule has 3 aromatic rings. The highest BCUT2D eigenvalue weighted by Crippen LogP contribution is 2.39. The van der Waals surface area contributed by atoms with E-state index in [9.17, 15) is 4.39 Å². The molecule has 198 valence electrons. The molecule has 0 radical (unpaired) electrons. The summed E-state index contributed by atoms with van der Waals surface area (Å²) in [6.45, 7) is 8.91. The number of hydrogen-bond acceptors (Lipinski definition) is 7. The van der Waals surface area contributed by atoms with Crippen LogP contribution in [0.4, 0.5) is 15.8 Å². The van der Waals surface area contributed by atoms with Gasteiger partial charge in [0.2, 0.25) is 5.95 Å². The number of hydrogen-bond donors (Lipinski definition) is 4. The van der Waals surface area contributed by atoms with Gasteiger partial charge < -0.3 is 16.1 Å². The highest BCUT2D eigenvalue weighted by Gasteiger charge is 2.37. The zero-order chi connectivity index (χ0) is 27.2. The fraction of sp³-hybridized carbons (Fsp3) is 0.357. The summed E-state index contributed by atoms with van der Waals surface area (Å²) in [5.74, 6) is 2.19. The molecule has 0 saturated heterocycles. The molecule has 38 heavy (non-hydrogen) atoms. The van der Waals surface area contributed by atoms with Crippen molar-refractivity contribution in [3.05, 3.63) is 69.1 Å². The maximum atomic E-state index is 13.9. The van der Waals surface area contributed by atoms with E-state index in [1.807, 2.05) is 17.1 Å². The van der Waals surface area contributed by atoms with Gasteiger partial charge >= 0.3 is 0 Å². The third-order valence-corrected chi connectivity index (χ3v) is 7.21. The van der Waals surface area contributed by atoms with Gasteiger partial charge in [-0.25, -0.2) is 4.98 Å². The Balaban J connectivity index is 1.60. The predicted molar refractivity (Wildman–Crippen MR) is 152 cm³/mol. The predicted octanol–water partition coefficient (Wildman–Crippen LogP) is 6.22. The van der Waals surface area contributed by atoms with E-state index in [1.165, 1.54) is 6.07 Å². The van der Waals surface area contributed by atoms with Crippen LogP contribution in [0.25, 0.3) is 10.9 Å². The van der Waals surface area contributed by atoms with Crippen molar-refractivity contribution in [1.29, 1.82) is 0 Å². The normalized spacial score (nSPS) is 16.4. The van der Waals surface area contributed by atoms with Crippen LogP contribution in [0.5, 0.6) is 0 Å². The number of fused-ring (bicyclic) bond motifs is 1. The van der Waals surface area contributed by atoms with Gasteiger partial charge in [-0.3, -0.25) is 9.99 Å². The number of nitrogens with one attached hydrogen (secondary N) is 4. The number of anilines is 2. The molecule has 0 unspecified atom stereocenters. The van der Waals surface area contributed by atoms with Crippen LogP contribution in [0.15, 0.2) is 41.3 Å². The highest BCUT2D eigenvalue weighted by atomic mass is 35.5. The summed E-state index contributed by atoms with van der Waals surface area (Å²) in [6.07, 6.45) is 9.60. The van der Waals surface area contributed by atoms with Crippen LogP contribution in [0.3, 0.4) is 0 Å². The van der Waals surface area contributed by atoms with E-state index in [2.05, 4.69) is 58.3 Å². The number of terminal acetylenes is 1. The van der Waals surface area contributed by atoms with Crippen molar-refractivity contribution < 1.29 is 4.39 Å². The van der Waals surface area contributed by atoms with Crippen molar-refractivity contribution in [2.45, 2.75) is 52.6 Å². The van der Waals surface area contributed by atoms with Crippen LogP contribution in [0, 0.1) is 30.6 Å². The van der Waals surface area contributed by atoms with Gasteiger partial charge in [0.1, 0.15) is 5.16 Å². The van der Waals surface area contributed by atoms with Crippen LogP contribution < -0.4 is 21.6 Å². The molecule has 5 rings (SSSR count). The molecule has 2 aromatic heterocycles. The molecule has 1 fully saturated rings. The minimum Gasteiger partial charge on any atom is -0.383 e. The number of rotatable bonds is 7. The Morgan fingerprint density at radius 2 is 2.03 bits per heavy atom. The van der Waals surface area contributed by atoms with Crippen molar-refractivity contribution in [3.63, 3.8) is 0 Å². The lowest BCUT2D eigenvalue weighted by atomic mass is 9.96. The SMILES string of the molecule is C#Cc1cnc2c(Cl)cc(N[C@H](C3=C(Cl)N(C4CC4)NN3)c3ccc(F)nc3C)cc2c1NCC(C)(C)C. The standard InChI is InChI=1S/C28H30Cl2FN7/c1-6-16-13-32-24-20(23(16)33-14-28(3,4)5)11-17(12-21(24)29)35-25(19-9-10-22(31)34-15(19)2)26-27(30)38(37-36-26)18-7-8-18/h1,9-13,18,25,35-37H,7-8,14H2,2-5H3,(H,32,33)/t25-/m0/s1. The first kappa shape index (κ1) is 26.4. The van der Waals surface area contributed by atoms with E-state index in [0.29, 0.717) is 45.2 Å². The zero-order valence-corrected chi connectivity index (χ0v) is 23.2. The van der Waals surface area contributed by atoms with E-state index in [-0.39, 0.29) is 5.41 Å². The average molecular weight is 555 g/mol. The Bertz CT molecular complexity index is 1470. The first-order chi connectivity index (χ1) is 18.1. The van der Waals surface area contributed by atoms with Crippen molar-refractivity contribution in [2.24, 2.45) is 5.41 Å². The molecule has 2 aliphatic rings. The van der Waals surface area contributed by atoms with E-state index in [4.69, 9.17) is 29.6 Å². The number of hydrazine groups is 2. The molecule has 1 aliphatic carbocycles. The smallest absolute Gasteiger partial charge is 0.213 e. The van der Waals surface area contributed by atoms with Gasteiger partial charge in [-0.15, -0.1) is 12.0 Å². The lowest BCUT2D eigenvalue weighted by Gasteiger charge is -2.24. The molecule has 1 atom stereocenters. The number of aromatic nitrogens is 2. The molecule has 4 N–H and O–H groups in total. The lowest BCUT2D eigenvalue weighted by Crippen LogP contribution is -2.39. The van der Waals surface area contributed by atoms with E-state index in [0.717, 1.165) is 35.2 Å². The van der Waals surface area contributed by atoms with Gasteiger partial charge in [-0.2, -0.15) is 4.39 Å². The van der Waals surface area contributed by atoms with Crippen LogP contribution in [0.2, 0.25) is 5.02 Å². The Labute approximate surface area is 232 Å². The summed E-state index contributed by atoms with van der Waals surface area (Å²) in [5, 5.41) is 10.8. The number of pyridine rings is 2. The molecule has 3 heterocycles. The van der Waals surface area contributed by atoms with Crippen molar-refractivity contribution in [1.82, 2.24) is 25.9 Å². The molecule has 0 bridgehead atoms. The molecule has 1 saturated carbocycles. The number of nitrogens with zero attached hydrogens (tertiary/aromatic N) is 3. The van der Waals surface area contributed by atoms with Gasteiger partial charge in [0, 0.05) is 41.1 Å². The second-order valence-electron chi connectivity index (χ2n) is 10.9. The first-order valence-electron chi connectivity index (χ1n) is 12.5. The minimum atomic E-state index is -0.543. The molecule has 0 amide bonds. The summed E-state index contributed by atoms with van der Waals surface area (Å²) in [7, 11) is 0. The Hall–Kier alpha value is -3.25. The second-order valence-corrected chi connectivity index (χ2v) is 11.7. The van der Waals surface area contributed by atoms with Crippen LogP contribution >= 0.6 is 23.2 Å². The van der Waals surface area contributed by atoms with Gasteiger partial charge in [0.05, 0.1) is 33.5 Å². The van der Waals surface area contributed by atoms with Crippen molar-refractivity contribution >= 4 is 45.5 Å². The molecule has 7 nitrogen and oxygen atoms in total. The van der Waals surface area contributed by atoms with Gasteiger partial charge in [-0.1, -0.05) is 56.0 Å². The highest BCUT2D eigenvalue weighted by molar-refractivity contribution is 6.36. The van der Waals surface area contributed by atoms with Gasteiger partial charge in [0.25, 0.3) is 0 Å². The second kappa shape index (κ2) is 10.1. The van der Waals surface area contributed by atoms with Gasteiger partial charge in [0.15, 0.2) is 0 Å². The molecular weight excluding hydrogens is 524 g/mol. The Kier molecular flexibility index (Phi) is 7.03. The van der Waals surface area contributed by atoms with E-state index in [1.54, 1.807) is 19.2 Å². The summed E-state index contributed by atoms with van der Waals surface area (Å²) in [4.78, 5) is 8.58. The van der Waals surface area contributed by atoms with E-state index >= 15 is 0 Å². The monoisotopic (exact) mass is 553 g/mol. The largest absolute Gasteiger partial charge is 0.383 e. The number of aryl methyl sites for hydroxylation is 1. The quantitative estimate of drug-likeness (QED) is 0.157. The van der Waals surface area contributed by atoms with Crippen LogP contribution in [0.1, 0.15) is 56.5 Å². The minimum absolute atomic E-state index is 0.0249. The summed E-state index contributed by atoms with van der Waals surface area (Å²) in [6, 6.07) is 6.70. The Morgan fingerprint density at radius 3 is 2.68 bits per heavy atom. The Morgan fingerprint density at radius 1 is 1.26 bits per heavy atom. The fourth-order valence-electron chi connectivity index (χ4n) is 4.44. The molecule has 10 heteroatoms. The molecule has 1 aliphatic heterocycles.